The Labute approximate surface area is 108 Å². The van der Waals surface area contributed by atoms with Crippen LogP contribution >= 0.6 is 0 Å². The van der Waals surface area contributed by atoms with Gasteiger partial charge in [-0.05, 0) is 20.3 Å². The van der Waals surface area contributed by atoms with E-state index < -0.39 is 0 Å². The van der Waals surface area contributed by atoms with Gasteiger partial charge in [-0.3, -0.25) is 0 Å². The molecule has 6 heteroatoms. The topological polar surface area (TPSA) is 64.0 Å². The second-order valence-electron chi connectivity index (χ2n) is 4.78. The lowest BCUT2D eigenvalue weighted by atomic mass is 10.1. The summed E-state index contributed by atoms with van der Waals surface area (Å²) in [5.41, 5.74) is 0. The van der Waals surface area contributed by atoms with Crippen LogP contribution in [0.15, 0.2) is 6.33 Å². The van der Waals surface area contributed by atoms with E-state index in [-0.39, 0.29) is 0 Å². The maximum Gasteiger partial charge on any atom is 0.146 e. The standard InChI is InChI=1S/C12H23N5O/c1-3-17-9-15-16-12(17)7-14-10(2)6-11-8-18-5-4-13-11/h9-11,13-14H,3-8H2,1-2H3. The highest BCUT2D eigenvalue weighted by Gasteiger charge is 2.16. The van der Waals surface area contributed by atoms with Gasteiger partial charge in [0, 0.05) is 25.2 Å². The molecule has 2 rings (SSSR count). The van der Waals surface area contributed by atoms with E-state index >= 15 is 0 Å². The number of aryl methyl sites for hydroxylation is 1. The number of morpholine rings is 1. The van der Waals surface area contributed by atoms with Crippen LogP contribution in [0.3, 0.4) is 0 Å². The maximum atomic E-state index is 5.45. The normalized spacial score (nSPS) is 22.0. The molecular formula is C12H23N5O. The summed E-state index contributed by atoms with van der Waals surface area (Å²) in [4.78, 5) is 0. The number of rotatable bonds is 6. The first-order chi connectivity index (χ1) is 8.79. The minimum absolute atomic E-state index is 0.436. The molecule has 1 saturated heterocycles. The Kier molecular flexibility index (Phi) is 5.10. The largest absolute Gasteiger partial charge is 0.379 e. The fraction of sp³-hybridized carbons (Fsp3) is 0.833. The van der Waals surface area contributed by atoms with Gasteiger partial charge in [-0.1, -0.05) is 0 Å². The first-order valence-electron chi connectivity index (χ1n) is 6.70. The molecule has 0 aliphatic carbocycles. The molecule has 0 amide bonds. The molecule has 1 aromatic rings. The molecule has 18 heavy (non-hydrogen) atoms. The molecule has 0 radical (unpaired) electrons. The minimum Gasteiger partial charge on any atom is -0.379 e. The van der Waals surface area contributed by atoms with Crippen LogP contribution < -0.4 is 10.6 Å². The molecule has 102 valence electrons. The van der Waals surface area contributed by atoms with E-state index in [2.05, 4.69) is 39.2 Å². The van der Waals surface area contributed by atoms with Crippen molar-refractivity contribution in [1.29, 1.82) is 0 Å². The maximum absolute atomic E-state index is 5.45. The quantitative estimate of drug-likeness (QED) is 0.756. The second-order valence-corrected chi connectivity index (χ2v) is 4.78. The van der Waals surface area contributed by atoms with Crippen molar-refractivity contribution in [2.75, 3.05) is 19.8 Å². The number of hydrogen-bond donors (Lipinski definition) is 2. The van der Waals surface area contributed by atoms with Crippen molar-refractivity contribution in [2.24, 2.45) is 0 Å². The molecule has 0 saturated carbocycles. The molecule has 1 aliphatic rings. The molecule has 2 heterocycles. The van der Waals surface area contributed by atoms with Gasteiger partial charge in [0.15, 0.2) is 0 Å². The van der Waals surface area contributed by atoms with Crippen LogP contribution in [-0.2, 0) is 17.8 Å². The summed E-state index contributed by atoms with van der Waals surface area (Å²) in [7, 11) is 0. The number of aromatic nitrogens is 3. The third-order valence-corrected chi connectivity index (χ3v) is 3.28. The van der Waals surface area contributed by atoms with Crippen LogP contribution in [0.25, 0.3) is 0 Å². The average molecular weight is 253 g/mol. The summed E-state index contributed by atoms with van der Waals surface area (Å²) in [6.45, 7) is 8.58. The first-order valence-corrected chi connectivity index (χ1v) is 6.70. The van der Waals surface area contributed by atoms with Crippen molar-refractivity contribution in [2.45, 2.75) is 45.4 Å². The number of hydrogen-bond acceptors (Lipinski definition) is 5. The average Bonchev–Trinajstić information content (AvgIpc) is 2.85. The van der Waals surface area contributed by atoms with Crippen LogP contribution in [0.5, 0.6) is 0 Å². The Morgan fingerprint density at radius 1 is 1.67 bits per heavy atom. The van der Waals surface area contributed by atoms with E-state index in [0.717, 1.165) is 45.1 Å². The molecule has 1 aromatic heterocycles. The van der Waals surface area contributed by atoms with Crippen molar-refractivity contribution in [3.63, 3.8) is 0 Å². The van der Waals surface area contributed by atoms with E-state index in [1.165, 1.54) is 0 Å². The second kappa shape index (κ2) is 6.82. The molecule has 0 aromatic carbocycles. The van der Waals surface area contributed by atoms with Gasteiger partial charge in [0.2, 0.25) is 0 Å². The van der Waals surface area contributed by atoms with E-state index in [9.17, 15) is 0 Å². The predicted octanol–water partition coefficient (Wildman–Crippen LogP) is 0.155. The summed E-state index contributed by atoms with van der Waals surface area (Å²) in [6, 6.07) is 0.900. The predicted molar refractivity (Wildman–Crippen MR) is 69.2 cm³/mol. The number of nitrogens with one attached hydrogen (secondary N) is 2. The molecule has 0 bridgehead atoms. The van der Waals surface area contributed by atoms with Gasteiger partial charge in [0.05, 0.1) is 19.8 Å². The van der Waals surface area contributed by atoms with Gasteiger partial charge >= 0.3 is 0 Å². The zero-order valence-corrected chi connectivity index (χ0v) is 11.2. The lowest BCUT2D eigenvalue weighted by molar-refractivity contribution is 0.0711. The fourth-order valence-electron chi connectivity index (χ4n) is 2.23. The molecule has 2 atom stereocenters. The van der Waals surface area contributed by atoms with Crippen molar-refractivity contribution in [3.05, 3.63) is 12.2 Å². The van der Waals surface area contributed by atoms with Gasteiger partial charge in [-0.2, -0.15) is 0 Å². The smallest absolute Gasteiger partial charge is 0.146 e. The summed E-state index contributed by atoms with van der Waals surface area (Å²) < 4.78 is 7.51. The SMILES string of the molecule is CCn1cnnc1CNC(C)CC1COCCN1. The van der Waals surface area contributed by atoms with E-state index in [4.69, 9.17) is 4.74 Å². The summed E-state index contributed by atoms with van der Waals surface area (Å²) in [5, 5.41) is 15.0. The van der Waals surface area contributed by atoms with Crippen molar-refractivity contribution in [3.8, 4) is 0 Å². The molecule has 6 nitrogen and oxygen atoms in total. The van der Waals surface area contributed by atoms with Crippen LogP contribution in [0, 0.1) is 0 Å². The lowest BCUT2D eigenvalue weighted by Crippen LogP contribution is -2.45. The molecule has 1 aliphatic heterocycles. The summed E-state index contributed by atoms with van der Waals surface area (Å²) in [5.74, 6) is 0.997. The van der Waals surface area contributed by atoms with E-state index in [1.54, 1.807) is 6.33 Å². The number of ether oxygens (including phenoxy) is 1. The van der Waals surface area contributed by atoms with Gasteiger partial charge in [-0.25, -0.2) is 0 Å². The fourth-order valence-corrected chi connectivity index (χ4v) is 2.23. The molecular weight excluding hydrogens is 230 g/mol. The Morgan fingerprint density at radius 2 is 2.56 bits per heavy atom. The van der Waals surface area contributed by atoms with Crippen molar-refractivity contribution < 1.29 is 4.74 Å². The zero-order chi connectivity index (χ0) is 12.8. The van der Waals surface area contributed by atoms with E-state index in [1.807, 2.05) is 0 Å². The van der Waals surface area contributed by atoms with Crippen LogP contribution in [0.1, 0.15) is 26.1 Å². The minimum atomic E-state index is 0.436. The third kappa shape index (κ3) is 3.76. The van der Waals surface area contributed by atoms with Crippen LogP contribution in [0.2, 0.25) is 0 Å². The van der Waals surface area contributed by atoms with E-state index in [0.29, 0.717) is 12.1 Å². The molecule has 1 fully saturated rings. The Morgan fingerprint density at radius 3 is 3.28 bits per heavy atom. The van der Waals surface area contributed by atoms with Gasteiger partial charge in [0.1, 0.15) is 12.2 Å². The highest BCUT2D eigenvalue weighted by Crippen LogP contribution is 2.03. The Bertz CT molecular complexity index is 348. The Hall–Kier alpha value is -0.980. The highest BCUT2D eigenvalue weighted by molar-refractivity contribution is 4.86. The lowest BCUT2D eigenvalue weighted by Gasteiger charge is -2.26. The molecule has 2 unspecified atom stereocenters. The Balaban J connectivity index is 1.72. The number of nitrogens with zero attached hydrogens (tertiary/aromatic N) is 3. The third-order valence-electron chi connectivity index (χ3n) is 3.28. The highest BCUT2D eigenvalue weighted by atomic mass is 16.5. The van der Waals surface area contributed by atoms with Gasteiger partial charge < -0.3 is 19.9 Å². The van der Waals surface area contributed by atoms with Crippen molar-refractivity contribution in [1.82, 2.24) is 25.4 Å². The molecule has 0 spiro atoms. The van der Waals surface area contributed by atoms with Crippen LogP contribution in [-0.4, -0.2) is 46.6 Å². The monoisotopic (exact) mass is 253 g/mol. The summed E-state index contributed by atoms with van der Waals surface area (Å²) in [6.07, 6.45) is 2.85. The first kappa shape index (κ1) is 13.5. The zero-order valence-electron chi connectivity index (χ0n) is 11.2. The molecule has 2 N–H and O–H groups in total. The van der Waals surface area contributed by atoms with Crippen LogP contribution in [0.4, 0.5) is 0 Å². The van der Waals surface area contributed by atoms with Gasteiger partial charge in [0.25, 0.3) is 0 Å². The van der Waals surface area contributed by atoms with Gasteiger partial charge in [-0.15, -0.1) is 10.2 Å². The summed E-state index contributed by atoms with van der Waals surface area (Å²) >= 11 is 0. The van der Waals surface area contributed by atoms with Crippen molar-refractivity contribution >= 4 is 0 Å².